The normalized spacial score (nSPS) is 23.8. The average molecular weight is 261 g/mol. The molecule has 2 aliphatic rings. The zero-order valence-corrected chi connectivity index (χ0v) is 11.6. The first-order valence-electron chi connectivity index (χ1n) is 7.24. The second-order valence-corrected chi connectivity index (χ2v) is 5.39. The molecule has 2 aliphatic heterocycles. The van der Waals surface area contributed by atoms with E-state index >= 15 is 0 Å². The molecule has 0 aromatic heterocycles. The van der Waals surface area contributed by atoms with Crippen molar-refractivity contribution in [1.29, 1.82) is 0 Å². The van der Waals surface area contributed by atoms with Crippen LogP contribution in [0.1, 0.15) is 6.92 Å². The van der Waals surface area contributed by atoms with E-state index in [0.717, 1.165) is 45.9 Å². The van der Waals surface area contributed by atoms with E-state index in [4.69, 9.17) is 4.74 Å². The van der Waals surface area contributed by atoms with Crippen molar-refractivity contribution in [2.24, 2.45) is 0 Å². The van der Waals surface area contributed by atoms with Crippen LogP contribution in [-0.2, 0) is 4.74 Å². The molecule has 1 saturated heterocycles. The first-order chi connectivity index (χ1) is 9.34. The number of rotatable bonds is 3. The molecule has 1 N–H and O–H groups in total. The van der Waals surface area contributed by atoms with Gasteiger partial charge in [0.2, 0.25) is 0 Å². The van der Waals surface area contributed by atoms with Crippen molar-refractivity contribution in [1.82, 2.24) is 4.90 Å². The molecule has 104 valence electrons. The summed E-state index contributed by atoms with van der Waals surface area (Å²) in [5.74, 6) is 0. The maximum absolute atomic E-state index is 5.40. The molecular weight excluding hydrogens is 238 g/mol. The van der Waals surface area contributed by atoms with Gasteiger partial charge in [-0.3, -0.25) is 4.90 Å². The van der Waals surface area contributed by atoms with Gasteiger partial charge in [-0.25, -0.2) is 0 Å². The summed E-state index contributed by atoms with van der Waals surface area (Å²) in [6, 6.07) is 9.17. The van der Waals surface area contributed by atoms with Gasteiger partial charge in [0.15, 0.2) is 0 Å². The molecule has 0 spiro atoms. The SMILES string of the molecule is CC1CNc2ccccc2N1CCN1CCOCC1. The maximum atomic E-state index is 5.40. The van der Waals surface area contributed by atoms with Gasteiger partial charge in [-0.15, -0.1) is 0 Å². The summed E-state index contributed by atoms with van der Waals surface area (Å²) in [5.41, 5.74) is 2.61. The molecule has 3 rings (SSSR count). The lowest BCUT2D eigenvalue weighted by molar-refractivity contribution is 0.0390. The monoisotopic (exact) mass is 261 g/mol. The van der Waals surface area contributed by atoms with E-state index < -0.39 is 0 Å². The molecule has 19 heavy (non-hydrogen) atoms. The highest BCUT2D eigenvalue weighted by Crippen LogP contribution is 2.30. The van der Waals surface area contributed by atoms with E-state index in [2.05, 4.69) is 46.3 Å². The third kappa shape index (κ3) is 2.85. The van der Waals surface area contributed by atoms with Crippen molar-refractivity contribution in [2.75, 3.05) is 56.2 Å². The minimum atomic E-state index is 0.552. The van der Waals surface area contributed by atoms with Gasteiger partial charge < -0.3 is 15.0 Å². The van der Waals surface area contributed by atoms with Crippen LogP contribution in [0.5, 0.6) is 0 Å². The molecule has 4 nitrogen and oxygen atoms in total. The van der Waals surface area contributed by atoms with Crippen molar-refractivity contribution in [2.45, 2.75) is 13.0 Å². The number of morpholine rings is 1. The highest BCUT2D eigenvalue weighted by molar-refractivity contribution is 5.72. The first-order valence-corrected chi connectivity index (χ1v) is 7.24. The average Bonchev–Trinajstić information content (AvgIpc) is 2.47. The molecule has 2 heterocycles. The van der Waals surface area contributed by atoms with Gasteiger partial charge in [0.25, 0.3) is 0 Å². The molecule has 0 radical (unpaired) electrons. The van der Waals surface area contributed by atoms with Crippen LogP contribution in [0.2, 0.25) is 0 Å². The van der Waals surface area contributed by atoms with Gasteiger partial charge >= 0.3 is 0 Å². The topological polar surface area (TPSA) is 27.7 Å². The summed E-state index contributed by atoms with van der Waals surface area (Å²) in [7, 11) is 0. The fourth-order valence-electron chi connectivity index (χ4n) is 2.89. The Hall–Kier alpha value is -1.26. The predicted octanol–water partition coefficient (Wildman–Crippen LogP) is 1.64. The first kappa shape index (κ1) is 12.8. The number of anilines is 2. The smallest absolute Gasteiger partial charge is 0.0605 e. The van der Waals surface area contributed by atoms with Gasteiger partial charge in [0.05, 0.1) is 24.6 Å². The van der Waals surface area contributed by atoms with E-state index in [1.54, 1.807) is 0 Å². The number of nitrogens with zero attached hydrogens (tertiary/aromatic N) is 2. The van der Waals surface area contributed by atoms with Crippen LogP contribution in [0, 0.1) is 0 Å². The van der Waals surface area contributed by atoms with E-state index in [1.165, 1.54) is 11.4 Å². The standard InChI is InChI=1S/C15H23N3O/c1-13-12-16-14-4-2-3-5-15(14)18(13)7-6-17-8-10-19-11-9-17/h2-5,13,16H,6-12H2,1H3. The van der Waals surface area contributed by atoms with Crippen molar-refractivity contribution < 1.29 is 4.74 Å². The Bertz CT molecular complexity index is 418. The highest BCUT2D eigenvalue weighted by Gasteiger charge is 2.22. The lowest BCUT2D eigenvalue weighted by Gasteiger charge is -2.39. The summed E-state index contributed by atoms with van der Waals surface area (Å²) < 4.78 is 5.40. The Morgan fingerprint density at radius 3 is 2.84 bits per heavy atom. The number of nitrogens with one attached hydrogen (secondary N) is 1. The lowest BCUT2D eigenvalue weighted by Crippen LogP contribution is -2.47. The van der Waals surface area contributed by atoms with E-state index in [0.29, 0.717) is 6.04 Å². The van der Waals surface area contributed by atoms with Crippen LogP contribution in [0.3, 0.4) is 0 Å². The fourth-order valence-corrected chi connectivity index (χ4v) is 2.89. The van der Waals surface area contributed by atoms with Gasteiger partial charge in [0.1, 0.15) is 0 Å². The molecular formula is C15H23N3O. The van der Waals surface area contributed by atoms with E-state index in [1.807, 2.05) is 0 Å². The van der Waals surface area contributed by atoms with Gasteiger partial charge in [-0.2, -0.15) is 0 Å². The Morgan fingerprint density at radius 2 is 2.00 bits per heavy atom. The zero-order valence-electron chi connectivity index (χ0n) is 11.6. The van der Waals surface area contributed by atoms with Crippen LogP contribution < -0.4 is 10.2 Å². The summed E-state index contributed by atoms with van der Waals surface area (Å²) in [6.07, 6.45) is 0. The van der Waals surface area contributed by atoms with Crippen LogP contribution in [-0.4, -0.2) is 56.9 Å². The minimum absolute atomic E-state index is 0.552. The van der Waals surface area contributed by atoms with Gasteiger partial charge in [-0.1, -0.05) is 12.1 Å². The molecule has 1 aromatic rings. The van der Waals surface area contributed by atoms with Crippen LogP contribution in [0.15, 0.2) is 24.3 Å². The Labute approximate surface area is 115 Å². The third-order valence-corrected chi connectivity index (χ3v) is 4.09. The fraction of sp³-hybridized carbons (Fsp3) is 0.600. The number of benzene rings is 1. The van der Waals surface area contributed by atoms with Crippen LogP contribution in [0.4, 0.5) is 11.4 Å². The quantitative estimate of drug-likeness (QED) is 0.895. The molecule has 0 saturated carbocycles. The van der Waals surface area contributed by atoms with E-state index in [9.17, 15) is 0 Å². The van der Waals surface area contributed by atoms with Crippen molar-refractivity contribution in [3.05, 3.63) is 24.3 Å². The second kappa shape index (κ2) is 5.80. The minimum Gasteiger partial charge on any atom is -0.381 e. The molecule has 1 fully saturated rings. The maximum Gasteiger partial charge on any atom is 0.0605 e. The largest absolute Gasteiger partial charge is 0.381 e. The zero-order chi connectivity index (χ0) is 13.1. The van der Waals surface area contributed by atoms with Crippen molar-refractivity contribution >= 4 is 11.4 Å². The van der Waals surface area contributed by atoms with E-state index in [-0.39, 0.29) is 0 Å². The van der Waals surface area contributed by atoms with Crippen LogP contribution >= 0.6 is 0 Å². The summed E-state index contributed by atoms with van der Waals surface area (Å²) >= 11 is 0. The highest BCUT2D eigenvalue weighted by atomic mass is 16.5. The second-order valence-electron chi connectivity index (χ2n) is 5.39. The predicted molar refractivity (Wildman–Crippen MR) is 79.0 cm³/mol. The van der Waals surface area contributed by atoms with Gasteiger partial charge in [-0.05, 0) is 19.1 Å². The molecule has 4 heteroatoms. The number of para-hydroxylation sites is 2. The number of hydrogen-bond acceptors (Lipinski definition) is 4. The summed E-state index contributed by atoms with van der Waals surface area (Å²) in [4.78, 5) is 5.03. The molecule has 1 aromatic carbocycles. The molecule has 1 unspecified atom stereocenters. The number of fused-ring (bicyclic) bond motifs is 1. The van der Waals surface area contributed by atoms with Gasteiger partial charge in [0, 0.05) is 38.8 Å². The molecule has 0 amide bonds. The molecule has 0 bridgehead atoms. The Morgan fingerprint density at radius 1 is 1.21 bits per heavy atom. The summed E-state index contributed by atoms with van der Waals surface area (Å²) in [5, 5.41) is 3.51. The molecule has 0 aliphatic carbocycles. The lowest BCUT2D eigenvalue weighted by atomic mass is 10.1. The van der Waals surface area contributed by atoms with Crippen LogP contribution in [0.25, 0.3) is 0 Å². The summed E-state index contributed by atoms with van der Waals surface area (Å²) in [6.45, 7) is 9.45. The van der Waals surface area contributed by atoms with Crippen molar-refractivity contribution in [3.8, 4) is 0 Å². The Balaban J connectivity index is 1.65. The number of hydrogen-bond donors (Lipinski definition) is 1. The Kier molecular flexibility index (Phi) is 3.89. The number of ether oxygens (including phenoxy) is 1. The van der Waals surface area contributed by atoms with Crippen molar-refractivity contribution in [3.63, 3.8) is 0 Å². The molecule has 1 atom stereocenters. The third-order valence-electron chi connectivity index (χ3n) is 4.09.